The largest absolute Gasteiger partial charge is 0.493 e. The van der Waals surface area contributed by atoms with E-state index < -0.39 is 0 Å². The van der Waals surface area contributed by atoms with Crippen LogP contribution in [0.5, 0.6) is 11.5 Å². The normalized spacial score (nSPS) is 20.1. The molecule has 0 spiro atoms. The predicted octanol–water partition coefficient (Wildman–Crippen LogP) is 4.33. The van der Waals surface area contributed by atoms with Crippen molar-refractivity contribution < 1.29 is 14.3 Å². The third kappa shape index (κ3) is 6.02. The van der Waals surface area contributed by atoms with Crippen LogP contribution < -0.4 is 14.8 Å². The third-order valence-electron chi connectivity index (χ3n) is 4.86. The molecule has 5 heteroatoms. The molecule has 1 aliphatic rings. The number of methoxy groups -OCH3 is 1. The van der Waals surface area contributed by atoms with Gasteiger partial charge in [0.15, 0.2) is 11.5 Å². The van der Waals surface area contributed by atoms with Crippen molar-refractivity contribution in [1.29, 1.82) is 5.26 Å². The Hall–Kier alpha value is -2.48. The summed E-state index contributed by atoms with van der Waals surface area (Å²) in [5.74, 6) is 1.78. The summed E-state index contributed by atoms with van der Waals surface area (Å²) in [5.41, 5.74) is 0.831. The summed E-state index contributed by atoms with van der Waals surface area (Å²) in [6.45, 7) is 6.90. The monoisotopic (exact) mass is 370 g/mol. The molecule has 0 aromatic heterocycles. The lowest BCUT2D eigenvalue weighted by molar-refractivity contribution is -0.118. The zero-order chi connectivity index (χ0) is 19.8. The highest BCUT2D eigenvalue weighted by Crippen LogP contribution is 2.29. The molecule has 1 amide bonds. The second-order valence-electron chi connectivity index (χ2n) is 7.63. The molecule has 1 N–H and O–H groups in total. The fourth-order valence-corrected chi connectivity index (χ4v) is 3.24. The minimum atomic E-state index is -0.310. The lowest BCUT2D eigenvalue weighted by atomic mass is 9.86. The Morgan fingerprint density at radius 1 is 1.33 bits per heavy atom. The third-order valence-corrected chi connectivity index (χ3v) is 4.86. The average molecular weight is 370 g/mol. The number of carbonyl (C=O) groups is 1. The Labute approximate surface area is 162 Å². The van der Waals surface area contributed by atoms with E-state index in [9.17, 15) is 10.1 Å². The molecule has 1 aromatic rings. The zero-order valence-electron chi connectivity index (χ0n) is 16.7. The van der Waals surface area contributed by atoms with E-state index >= 15 is 0 Å². The van der Waals surface area contributed by atoms with Gasteiger partial charge in [0.05, 0.1) is 13.7 Å². The zero-order valence-corrected chi connectivity index (χ0v) is 16.7. The van der Waals surface area contributed by atoms with Crippen LogP contribution >= 0.6 is 0 Å². The number of carbonyl (C=O) groups excluding carboxylic acids is 1. The topological polar surface area (TPSA) is 71.3 Å². The van der Waals surface area contributed by atoms with Gasteiger partial charge >= 0.3 is 0 Å². The highest BCUT2D eigenvalue weighted by Gasteiger charge is 2.24. The first-order chi connectivity index (χ1) is 12.9. The van der Waals surface area contributed by atoms with Crippen molar-refractivity contribution in [3.05, 3.63) is 29.3 Å². The van der Waals surface area contributed by atoms with Crippen molar-refractivity contribution in [2.75, 3.05) is 13.7 Å². The molecule has 0 bridgehead atoms. The Balaban J connectivity index is 2.13. The minimum Gasteiger partial charge on any atom is -0.493 e. The van der Waals surface area contributed by atoms with Gasteiger partial charge < -0.3 is 14.8 Å². The van der Waals surface area contributed by atoms with Crippen LogP contribution in [0.15, 0.2) is 23.8 Å². The molecule has 1 fully saturated rings. The molecule has 1 aliphatic carbocycles. The number of nitrogens with one attached hydrogen (secondary N) is 1. The van der Waals surface area contributed by atoms with Crippen molar-refractivity contribution in [2.24, 2.45) is 11.8 Å². The van der Waals surface area contributed by atoms with Gasteiger partial charge in [-0.2, -0.15) is 5.26 Å². The molecule has 0 unspecified atom stereocenters. The van der Waals surface area contributed by atoms with Crippen LogP contribution in [0.4, 0.5) is 0 Å². The van der Waals surface area contributed by atoms with Crippen LogP contribution in [0.3, 0.4) is 0 Å². The maximum absolute atomic E-state index is 12.5. The fraction of sp³-hybridized carbons (Fsp3) is 0.545. The van der Waals surface area contributed by atoms with Gasteiger partial charge in [-0.15, -0.1) is 0 Å². The van der Waals surface area contributed by atoms with Crippen LogP contribution in [0, 0.1) is 23.2 Å². The van der Waals surface area contributed by atoms with Gasteiger partial charge in [-0.25, -0.2) is 0 Å². The van der Waals surface area contributed by atoms with Crippen LogP contribution in [-0.4, -0.2) is 25.7 Å². The van der Waals surface area contributed by atoms with E-state index in [-0.39, 0.29) is 17.5 Å². The SMILES string of the molecule is COc1cc(/C=C(\C#N)C(=O)N[C@H]2CCCC[C@@H]2C)ccc1OCC(C)C. The van der Waals surface area contributed by atoms with Crippen molar-refractivity contribution in [3.8, 4) is 17.6 Å². The van der Waals surface area contributed by atoms with E-state index in [1.165, 1.54) is 6.42 Å². The Morgan fingerprint density at radius 3 is 2.70 bits per heavy atom. The molecule has 1 aromatic carbocycles. The highest BCUT2D eigenvalue weighted by molar-refractivity contribution is 6.01. The van der Waals surface area contributed by atoms with Crippen LogP contribution in [0.2, 0.25) is 0 Å². The Kier molecular flexibility index (Phi) is 7.72. The molecule has 27 heavy (non-hydrogen) atoms. The standard InChI is InChI=1S/C22H30N2O3/c1-15(2)14-27-20-10-9-17(12-21(20)26-4)11-18(13-23)22(25)24-19-8-6-5-7-16(19)3/h9-12,15-16,19H,5-8,14H2,1-4H3,(H,24,25)/b18-11+/t16-,19-/m0/s1. The summed E-state index contributed by atoms with van der Waals surface area (Å²) in [5, 5.41) is 12.5. The minimum absolute atomic E-state index is 0.102. The maximum atomic E-state index is 12.5. The molecule has 146 valence electrons. The van der Waals surface area contributed by atoms with E-state index in [0.29, 0.717) is 29.9 Å². The number of benzene rings is 1. The number of amides is 1. The Bertz CT molecular complexity index is 719. The van der Waals surface area contributed by atoms with Crippen LogP contribution in [0.1, 0.15) is 52.0 Å². The Morgan fingerprint density at radius 2 is 2.07 bits per heavy atom. The molecule has 5 nitrogen and oxygen atoms in total. The van der Waals surface area contributed by atoms with Gasteiger partial charge in [0.2, 0.25) is 0 Å². The number of ether oxygens (including phenoxy) is 2. The summed E-state index contributed by atoms with van der Waals surface area (Å²) in [4.78, 5) is 12.5. The summed E-state index contributed by atoms with van der Waals surface area (Å²) >= 11 is 0. The van der Waals surface area contributed by atoms with Gasteiger partial charge in [0.25, 0.3) is 5.91 Å². The van der Waals surface area contributed by atoms with Crippen LogP contribution in [0.25, 0.3) is 6.08 Å². The lowest BCUT2D eigenvalue weighted by Gasteiger charge is -2.29. The molecule has 0 radical (unpaired) electrons. The number of hydrogen-bond acceptors (Lipinski definition) is 4. The predicted molar refractivity (Wildman–Crippen MR) is 106 cm³/mol. The first kappa shape index (κ1) is 20.8. The maximum Gasteiger partial charge on any atom is 0.262 e. The van der Waals surface area contributed by atoms with E-state index in [2.05, 4.69) is 26.1 Å². The second kappa shape index (κ2) is 10.0. The molecule has 0 saturated heterocycles. The molecule has 2 atom stereocenters. The molecule has 0 aliphatic heterocycles. The van der Waals surface area contributed by atoms with E-state index in [4.69, 9.17) is 9.47 Å². The van der Waals surface area contributed by atoms with Gasteiger partial charge in [0.1, 0.15) is 11.6 Å². The first-order valence-corrected chi connectivity index (χ1v) is 9.68. The lowest BCUT2D eigenvalue weighted by Crippen LogP contribution is -2.41. The van der Waals surface area contributed by atoms with E-state index in [0.717, 1.165) is 24.8 Å². The highest BCUT2D eigenvalue weighted by atomic mass is 16.5. The summed E-state index contributed by atoms with van der Waals surface area (Å²) < 4.78 is 11.1. The fourth-order valence-electron chi connectivity index (χ4n) is 3.24. The molecule has 1 saturated carbocycles. The van der Waals surface area contributed by atoms with Crippen molar-refractivity contribution in [2.45, 2.75) is 52.5 Å². The smallest absolute Gasteiger partial charge is 0.262 e. The number of nitrogens with zero attached hydrogens (tertiary/aromatic N) is 1. The average Bonchev–Trinajstić information content (AvgIpc) is 2.66. The quantitative estimate of drug-likeness (QED) is 0.573. The van der Waals surface area contributed by atoms with Crippen molar-refractivity contribution >= 4 is 12.0 Å². The van der Waals surface area contributed by atoms with Gasteiger partial charge in [-0.05, 0) is 48.4 Å². The summed E-state index contributed by atoms with van der Waals surface area (Å²) in [6, 6.07) is 7.58. The second-order valence-corrected chi connectivity index (χ2v) is 7.63. The van der Waals surface area contributed by atoms with E-state index in [1.54, 1.807) is 19.3 Å². The number of hydrogen-bond donors (Lipinski definition) is 1. The van der Waals surface area contributed by atoms with Crippen molar-refractivity contribution in [3.63, 3.8) is 0 Å². The van der Waals surface area contributed by atoms with E-state index in [1.807, 2.05) is 18.2 Å². The van der Waals surface area contributed by atoms with Gasteiger partial charge in [0, 0.05) is 6.04 Å². The molecular formula is C22H30N2O3. The first-order valence-electron chi connectivity index (χ1n) is 9.68. The molecule has 2 rings (SSSR count). The summed E-state index contributed by atoms with van der Waals surface area (Å²) in [7, 11) is 1.58. The van der Waals surface area contributed by atoms with Gasteiger partial charge in [-0.3, -0.25) is 4.79 Å². The molecule has 0 heterocycles. The molecular weight excluding hydrogens is 340 g/mol. The summed E-state index contributed by atoms with van der Waals surface area (Å²) in [6.07, 6.45) is 6.01. The van der Waals surface area contributed by atoms with Crippen LogP contribution in [-0.2, 0) is 4.79 Å². The number of nitriles is 1. The van der Waals surface area contributed by atoms with Crippen molar-refractivity contribution in [1.82, 2.24) is 5.32 Å². The number of rotatable bonds is 7. The van der Waals surface area contributed by atoms with Gasteiger partial charge in [-0.1, -0.05) is 39.7 Å².